The van der Waals surface area contributed by atoms with Crippen molar-refractivity contribution in [2.24, 2.45) is 0 Å². The standard InChI is InChI=1S/C15H18ClF3N2O/c1-21-9-7-12(20-13(22)6-8-15(17,18)19)14(21)10-2-4-11(16)5-3-10/h2-5,12,14H,6-9H2,1H3,(H,20,22)/t12-,14+/m1/s1. The number of nitrogens with one attached hydrogen (secondary N) is 1. The van der Waals surface area contributed by atoms with Crippen molar-refractivity contribution in [2.45, 2.75) is 37.5 Å². The molecule has 1 saturated heterocycles. The predicted octanol–water partition coefficient (Wildman–Crippen LogP) is 3.54. The second kappa shape index (κ2) is 6.87. The molecule has 1 aliphatic rings. The summed E-state index contributed by atoms with van der Waals surface area (Å²) in [5.74, 6) is -0.559. The van der Waals surface area contributed by atoms with Gasteiger partial charge in [0.05, 0.1) is 12.5 Å². The van der Waals surface area contributed by atoms with Crippen molar-refractivity contribution in [3.05, 3.63) is 34.9 Å². The summed E-state index contributed by atoms with van der Waals surface area (Å²) in [6.45, 7) is 0.775. The number of rotatable bonds is 4. The molecule has 0 aliphatic carbocycles. The fourth-order valence-corrected chi connectivity index (χ4v) is 2.90. The van der Waals surface area contributed by atoms with Crippen LogP contribution in [0.5, 0.6) is 0 Å². The van der Waals surface area contributed by atoms with Crippen LogP contribution in [0, 0.1) is 0 Å². The van der Waals surface area contributed by atoms with Gasteiger partial charge < -0.3 is 5.32 Å². The Balaban J connectivity index is 2.00. The average Bonchev–Trinajstić information content (AvgIpc) is 2.78. The van der Waals surface area contributed by atoms with Crippen LogP contribution in [0.25, 0.3) is 0 Å². The zero-order valence-electron chi connectivity index (χ0n) is 12.2. The minimum atomic E-state index is -4.31. The van der Waals surface area contributed by atoms with Crippen molar-refractivity contribution in [3.8, 4) is 0 Å². The highest BCUT2D eigenvalue weighted by atomic mass is 35.5. The third-order valence-electron chi connectivity index (χ3n) is 3.84. The number of hydrogen-bond donors (Lipinski definition) is 1. The number of benzene rings is 1. The van der Waals surface area contributed by atoms with Gasteiger partial charge in [0.15, 0.2) is 0 Å². The van der Waals surface area contributed by atoms with Gasteiger partial charge in [0.2, 0.25) is 5.91 Å². The number of hydrogen-bond acceptors (Lipinski definition) is 2. The van der Waals surface area contributed by atoms with Crippen LogP contribution in [0.4, 0.5) is 13.2 Å². The van der Waals surface area contributed by atoms with Crippen LogP contribution in [-0.4, -0.2) is 36.6 Å². The van der Waals surface area contributed by atoms with Crippen LogP contribution >= 0.6 is 11.6 Å². The Morgan fingerprint density at radius 2 is 2.00 bits per heavy atom. The number of amides is 1. The lowest BCUT2D eigenvalue weighted by Crippen LogP contribution is -2.39. The number of alkyl halides is 3. The number of likely N-dealkylation sites (tertiary alicyclic amines) is 1. The summed E-state index contributed by atoms with van der Waals surface area (Å²) in [6.07, 6.45) is -5.22. The van der Waals surface area contributed by atoms with Crippen molar-refractivity contribution in [1.29, 1.82) is 0 Å². The lowest BCUT2D eigenvalue weighted by molar-refractivity contribution is -0.144. The first-order valence-corrected chi connectivity index (χ1v) is 7.46. The second-order valence-corrected chi connectivity index (χ2v) is 5.99. The molecule has 0 unspecified atom stereocenters. The molecule has 3 nitrogen and oxygen atoms in total. The van der Waals surface area contributed by atoms with Gasteiger partial charge in [0, 0.05) is 24.0 Å². The van der Waals surface area contributed by atoms with E-state index in [0.29, 0.717) is 11.4 Å². The summed E-state index contributed by atoms with van der Waals surface area (Å²) >= 11 is 5.87. The van der Waals surface area contributed by atoms with Gasteiger partial charge >= 0.3 is 6.18 Å². The summed E-state index contributed by atoms with van der Waals surface area (Å²) in [6, 6.07) is 7.06. The average molecular weight is 335 g/mol. The zero-order chi connectivity index (χ0) is 16.3. The molecule has 1 amide bonds. The minimum absolute atomic E-state index is 0.0490. The Hall–Kier alpha value is -1.27. The van der Waals surface area contributed by atoms with Crippen LogP contribution in [0.15, 0.2) is 24.3 Å². The van der Waals surface area contributed by atoms with Gasteiger partial charge in [-0.25, -0.2) is 0 Å². The second-order valence-electron chi connectivity index (χ2n) is 5.55. The Bertz CT molecular complexity index is 519. The highest BCUT2D eigenvalue weighted by Gasteiger charge is 2.35. The molecular formula is C15H18ClF3N2O. The Labute approximate surface area is 132 Å². The number of likely N-dealkylation sites (N-methyl/N-ethyl adjacent to an activating group) is 1. The molecule has 122 valence electrons. The third kappa shape index (κ3) is 4.61. The third-order valence-corrected chi connectivity index (χ3v) is 4.09. The molecule has 1 heterocycles. The fraction of sp³-hybridized carbons (Fsp3) is 0.533. The van der Waals surface area contributed by atoms with E-state index in [2.05, 4.69) is 10.2 Å². The first kappa shape index (κ1) is 17.1. The largest absolute Gasteiger partial charge is 0.389 e. The van der Waals surface area contributed by atoms with E-state index in [0.717, 1.165) is 12.1 Å². The van der Waals surface area contributed by atoms with Crippen LogP contribution in [-0.2, 0) is 4.79 Å². The van der Waals surface area contributed by atoms with Gasteiger partial charge in [-0.3, -0.25) is 9.69 Å². The van der Waals surface area contributed by atoms with Gasteiger partial charge in [0.1, 0.15) is 0 Å². The zero-order valence-corrected chi connectivity index (χ0v) is 12.9. The molecular weight excluding hydrogens is 317 g/mol. The Morgan fingerprint density at radius 3 is 2.59 bits per heavy atom. The van der Waals surface area contributed by atoms with E-state index in [-0.39, 0.29) is 12.1 Å². The van der Waals surface area contributed by atoms with E-state index >= 15 is 0 Å². The molecule has 2 rings (SSSR count). The van der Waals surface area contributed by atoms with Gasteiger partial charge in [-0.1, -0.05) is 23.7 Å². The number of carbonyl (C=O) groups excluding carboxylic acids is 1. The van der Waals surface area contributed by atoms with E-state index < -0.39 is 24.9 Å². The van der Waals surface area contributed by atoms with Gasteiger partial charge in [-0.15, -0.1) is 0 Å². The molecule has 2 atom stereocenters. The van der Waals surface area contributed by atoms with Crippen molar-refractivity contribution >= 4 is 17.5 Å². The van der Waals surface area contributed by atoms with E-state index in [1.807, 2.05) is 19.2 Å². The number of carbonyl (C=O) groups is 1. The molecule has 1 aromatic rings. The van der Waals surface area contributed by atoms with Gasteiger partial charge in [-0.05, 0) is 31.2 Å². The van der Waals surface area contributed by atoms with Crippen molar-refractivity contribution < 1.29 is 18.0 Å². The summed E-state index contributed by atoms with van der Waals surface area (Å²) in [5.41, 5.74) is 0.991. The van der Waals surface area contributed by atoms with E-state index in [1.165, 1.54) is 0 Å². The number of halogens is 4. The highest BCUT2D eigenvalue weighted by molar-refractivity contribution is 6.30. The van der Waals surface area contributed by atoms with Crippen LogP contribution < -0.4 is 5.32 Å². The molecule has 1 aromatic carbocycles. The molecule has 1 aliphatic heterocycles. The molecule has 0 spiro atoms. The molecule has 7 heteroatoms. The summed E-state index contributed by atoms with van der Waals surface area (Å²) in [7, 11) is 1.93. The topological polar surface area (TPSA) is 32.3 Å². The van der Waals surface area contributed by atoms with Crippen LogP contribution in [0.1, 0.15) is 30.9 Å². The lowest BCUT2D eigenvalue weighted by Gasteiger charge is -2.26. The van der Waals surface area contributed by atoms with Crippen molar-refractivity contribution in [1.82, 2.24) is 10.2 Å². The van der Waals surface area contributed by atoms with E-state index in [1.54, 1.807) is 12.1 Å². The van der Waals surface area contributed by atoms with Crippen LogP contribution in [0.2, 0.25) is 5.02 Å². The summed E-state index contributed by atoms with van der Waals surface area (Å²) < 4.78 is 36.5. The van der Waals surface area contributed by atoms with Crippen molar-refractivity contribution in [2.75, 3.05) is 13.6 Å². The van der Waals surface area contributed by atoms with E-state index in [4.69, 9.17) is 11.6 Å². The fourth-order valence-electron chi connectivity index (χ4n) is 2.78. The maximum atomic E-state index is 12.2. The van der Waals surface area contributed by atoms with Crippen LogP contribution in [0.3, 0.4) is 0 Å². The first-order chi connectivity index (χ1) is 10.3. The SMILES string of the molecule is CN1CC[C@@H](NC(=O)CCC(F)(F)F)[C@@H]1c1ccc(Cl)cc1. The molecule has 22 heavy (non-hydrogen) atoms. The predicted molar refractivity (Wildman–Crippen MR) is 78.7 cm³/mol. The maximum absolute atomic E-state index is 12.2. The number of nitrogens with zero attached hydrogens (tertiary/aromatic N) is 1. The Kier molecular flexibility index (Phi) is 5.34. The van der Waals surface area contributed by atoms with Gasteiger partial charge in [-0.2, -0.15) is 13.2 Å². The highest BCUT2D eigenvalue weighted by Crippen LogP contribution is 2.32. The maximum Gasteiger partial charge on any atom is 0.389 e. The normalized spacial score (nSPS) is 22.8. The molecule has 0 radical (unpaired) electrons. The molecule has 0 bridgehead atoms. The molecule has 0 aromatic heterocycles. The Morgan fingerprint density at radius 1 is 1.36 bits per heavy atom. The first-order valence-electron chi connectivity index (χ1n) is 7.08. The minimum Gasteiger partial charge on any atom is -0.351 e. The van der Waals surface area contributed by atoms with Gasteiger partial charge in [0.25, 0.3) is 0 Å². The molecule has 1 fully saturated rings. The lowest BCUT2D eigenvalue weighted by atomic mass is 10.00. The summed E-state index contributed by atoms with van der Waals surface area (Å²) in [4.78, 5) is 13.8. The molecule has 0 saturated carbocycles. The van der Waals surface area contributed by atoms with Crippen molar-refractivity contribution in [3.63, 3.8) is 0 Å². The monoisotopic (exact) mass is 334 g/mol. The summed E-state index contributed by atoms with van der Waals surface area (Å²) in [5, 5.41) is 3.35. The molecule has 1 N–H and O–H groups in total. The smallest absolute Gasteiger partial charge is 0.351 e. The quantitative estimate of drug-likeness (QED) is 0.913. The van der Waals surface area contributed by atoms with E-state index in [9.17, 15) is 18.0 Å².